The molecule has 4 nitrogen and oxygen atoms in total. The van der Waals surface area contributed by atoms with Crippen LogP contribution in [0.3, 0.4) is 0 Å². The Hall–Kier alpha value is -1.99. The SMILES string of the molecule is O=C(O)CC1CCC2(CC1)CCN(c1cc(OC(F)(F)F)ccc1F)CC2. The average molecular weight is 389 g/mol. The highest BCUT2D eigenvalue weighted by Gasteiger charge is 2.39. The maximum Gasteiger partial charge on any atom is 0.573 e. The number of piperidine rings is 1. The molecule has 8 heteroatoms. The van der Waals surface area contributed by atoms with Gasteiger partial charge < -0.3 is 14.7 Å². The van der Waals surface area contributed by atoms with Crippen molar-refractivity contribution in [1.82, 2.24) is 0 Å². The Kier molecular flexibility index (Phi) is 5.53. The standard InChI is InChI=1S/C19H23F4NO3/c20-15-2-1-14(27-19(21,22)23)12-16(15)24-9-7-18(8-10-24)5-3-13(4-6-18)11-17(25)26/h1-2,12-13H,3-11H2,(H,25,26). The maximum atomic E-state index is 14.2. The van der Waals surface area contributed by atoms with Crippen molar-refractivity contribution < 1.29 is 32.2 Å². The number of hydrogen-bond donors (Lipinski definition) is 1. The highest BCUT2D eigenvalue weighted by Crippen LogP contribution is 2.47. The Morgan fingerprint density at radius 1 is 1.19 bits per heavy atom. The van der Waals surface area contributed by atoms with Gasteiger partial charge in [0.2, 0.25) is 0 Å². The summed E-state index contributed by atoms with van der Waals surface area (Å²) >= 11 is 0. The number of aliphatic carboxylic acids is 1. The predicted molar refractivity (Wildman–Crippen MR) is 91.2 cm³/mol. The van der Waals surface area contributed by atoms with Crippen molar-refractivity contribution in [3.05, 3.63) is 24.0 Å². The summed E-state index contributed by atoms with van der Waals surface area (Å²) in [5.41, 5.74) is 0.272. The van der Waals surface area contributed by atoms with E-state index in [4.69, 9.17) is 5.11 Å². The van der Waals surface area contributed by atoms with E-state index >= 15 is 0 Å². The van der Waals surface area contributed by atoms with Gasteiger partial charge in [-0.2, -0.15) is 0 Å². The molecule has 1 aromatic rings. The first-order valence-corrected chi connectivity index (χ1v) is 9.18. The van der Waals surface area contributed by atoms with E-state index in [1.165, 1.54) is 0 Å². The number of hydrogen-bond acceptors (Lipinski definition) is 3. The second kappa shape index (κ2) is 7.56. The molecule has 1 saturated carbocycles. The van der Waals surface area contributed by atoms with Crippen LogP contribution in [0.15, 0.2) is 18.2 Å². The molecule has 1 heterocycles. The third-order valence-corrected chi connectivity index (χ3v) is 5.95. The summed E-state index contributed by atoms with van der Waals surface area (Å²) < 4.78 is 55.3. The van der Waals surface area contributed by atoms with Crippen molar-refractivity contribution in [2.75, 3.05) is 18.0 Å². The van der Waals surface area contributed by atoms with Gasteiger partial charge in [-0.15, -0.1) is 13.2 Å². The summed E-state index contributed by atoms with van der Waals surface area (Å²) in [5, 5.41) is 8.92. The predicted octanol–water partition coefficient (Wildman–Crippen LogP) is 4.98. The van der Waals surface area contributed by atoms with Crippen LogP contribution in [0.25, 0.3) is 0 Å². The second-order valence-electron chi connectivity index (χ2n) is 7.69. The normalized spacial score (nSPS) is 20.7. The lowest BCUT2D eigenvalue weighted by Gasteiger charge is -2.46. The number of anilines is 1. The lowest BCUT2D eigenvalue weighted by molar-refractivity contribution is -0.274. The minimum absolute atomic E-state index is 0.131. The molecule has 1 saturated heterocycles. The van der Waals surface area contributed by atoms with Crippen LogP contribution in [0.2, 0.25) is 0 Å². The average Bonchev–Trinajstić information content (AvgIpc) is 2.58. The van der Waals surface area contributed by atoms with Crippen LogP contribution in [0, 0.1) is 17.2 Å². The largest absolute Gasteiger partial charge is 0.573 e. The van der Waals surface area contributed by atoms with Crippen molar-refractivity contribution in [3.8, 4) is 5.75 Å². The number of ether oxygens (including phenoxy) is 1. The molecular formula is C19H23F4NO3. The Bertz CT molecular complexity index is 674. The van der Waals surface area contributed by atoms with E-state index in [-0.39, 0.29) is 23.4 Å². The van der Waals surface area contributed by atoms with Gasteiger partial charge in [-0.1, -0.05) is 0 Å². The van der Waals surface area contributed by atoms with E-state index in [0.29, 0.717) is 13.1 Å². The van der Waals surface area contributed by atoms with Gasteiger partial charge in [-0.3, -0.25) is 4.79 Å². The summed E-state index contributed by atoms with van der Waals surface area (Å²) in [6.07, 6.45) is 0.740. The molecule has 1 aliphatic heterocycles. The monoisotopic (exact) mass is 389 g/mol. The van der Waals surface area contributed by atoms with Crippen molar-refractivity contribution >= 4 is 11.7 Å². The number of carboxylic acid groups (broad SMARTS) is 1. The molecule has 2 aliphatic rings. The molecule has 3 rings (SSSR count). The van der Waals surface area contributed by atoms with Crippen LogP contribution < -0.4 is 9.64 Å². The van der Waals surface area contributed by atoms with Gasteiger partial charge >= 0.3 is 12.3 Å². The van der Waals surface area contributed by atoms with Crippen LogP contribution in [0.5, 0.6) is 5.75 Å². The fourth-order valence-corrected chi connectivity index (χ4v) is 4.39. The molecule has 0 unspecified atom stereocenters. The zero-order valence-electron chi connectivity index (χ0n) is 14.9. The Morgan fingerprint density at radius 3 is 2.37 bits per heavy atom. The molecule has 150 valence electrons. The van der Waals surface area contributed by atoms with Gasteiger partial charge in [0.15, 0.2) is 0 Å². The summed E-state index contributed by atoms with van der Waals surface area (Å²) in [4.78, 5) is 12.6. The Labute approximate surface area is 155 Å². The Morgan fingerprint density at radius 2 is 1.81 bits per heavy atom. The van der Waals surface area contributed by atoms with Crippen molar-refractivity contribution in [2.24, 2.45) is 11.3 Å². The van der Waals surface area contributed by atoms with E-state index < -0.39 is 23.9 Å². The van der Waals surface area contributed by atoms with Crippen molar-refractivity contribution in [1.29, 1.82) is 0 Å². The first kappa shape index (κ1) is 19.8. The van der Waals surface area contributed by atoms with Crippen LogP contribution in [-0.4, -0.2) is 30.5 Å². The number of benzene rings is 1. The number of carbonyl (C=O) groups is 1. The molecular weight excluding hydrogens is 366 g/mol. The fourth-order valence-electron chi connectivity index (χ4n) is 4.39. The lowest BCUT2D eigenvalue weighted by atomic mass is 9.65. The topological polar surface area (TPSA) is 49.8 Å². The van der Waals surface area contributed by atoms with E-state index in [9.17, 15) is 22.4 Å². The minimum atomic E-state index is -4.81. The van der Waals surface area contributed by atoms with Crippen LogP contribution in [-0.2, 0) is 4.79 Å². The van der Waals surface area contributed by atoms with Gasteiger partial charge in [0.1, 0.15) is 11.6 Å². The zero-order chi connectivity index (χ0) is 19.7. The molecule has 2 fully saturated rings. The van der Waals surface area contributed by atoms with Gasteiger partial charge in [0.25, 0.3) is 0 Å². The van der Waals surface area contributed by atoms with E-state index in [0.717, 1.165) is 56.7 Å². The van der Waals surface area contributed by atoms with Gasteiger partial charge in [0.05, 0.1) is 5.69 Å². The number of carboxylic acids is 1. The molecule has 0 aromatic heterocycles. The molecule has 1 N–H and O–H groups in total. The van der Waals surface area contributed by atoms with Gasteiger partial charge in [0, 0.05) is 25.6 Å². The molecule has 27 heavy (non-hydrogen) atoms. The van der Waals surface area contributed by atoms with Crippen molar-refractivity contribution in [3.63, 3.8) is 0 Å². The van der Waals surface area contributed by atoms with E-state index in [2.05, 4.69) is 4.74 Å². The molecule has 0 radical (unpaired) electrons. The number of rotatable bonds is 4. The molecule has 0 amide bonds. The molecule has 0 bridgehead atoms. The first-order chi connectivity index (χ1) is 12.7. The quantitative estimate of drug-likeness (QED) is 0.739. The minimum Gasteiger partial charge on any atom is -0.481 e. The molecule has 1 aromatic carbocycles. The number of alkyl halides is 3. The van der Waals surface area contributed by atoms with Gasteiger partial charge in [-0.05, 0) is 62.0 Å². The second-order valence-corrected chi connectivity index (χ2v) is 7.69. The van der Waals surface area contributed by atoms with Crippen LogP contribution >= 0.6 is 0 Å². The third-order valence-electron chi connectivity index (χ3n) is 5.95. The third kappa shape index (κ3) is 5.05. The van der Waals surface area contributed by atoms with Gasteiger partial charge in [-0.25, -0.2) is 4.39 Å². The highest BCUT2D eigenvalue weighted by atomic mass is 19.4. The summed E-state index contributed by atoms with van der Waals surface area (Å²) in [5.74, 6) is -1.53. The zero-order valence-corrected chi connectivity index (χ0v) is 14.9. The summed E-state index contributed by atoms with van der Waals surface area (Å²) in [6.45, 7) is 1.13. The maximum absolute atomic E-state index is 14.2. The summed E-state index contributed by atoms with van der Waals surface area (Å²) in [6, 6.07) is 3.07. The molecule has 1 aliphatic carbocycles. The number of nitrogens with zero attached hydrogens (tertiary/aromatic N) is 1. The van der Waals surface area contributed by atoms with E-state index in [1.54, 1.807) is 4.90 Å². The van der Waals surface area contributed by atoms with Crippen LogP contribution in [0.1, 0.15) is 44.9 Å². The lowest BCUT2D eigenvalue weighted by Crippen LogP contribution is -2.42. The smallest absolute Gasteiger partial charge is 0.481 e. The molecule has 1 spiro atoms. The first-order valence-electron chi connectivity index (χ1n) is 9.18. The van der Waals surface area contributed by atoms with E-state index in [1.807, 2.05) is 0 Å². The fraction of sp³-hybridized carbons (Fsp3) is 0.632. The highest BCUT2D eigenvalue weighted by molar-refractivity contribution is 5.67. The van der Waals surface area contributed by atoms with Crippen LogP contribution in [0.4, 0.5) is 23.2 Å². The number of halogens is 4. The van der Waals surface area contributed by atoms with Crippen molar-refractivity contribution in [2.45, 2.75) is 51.3 Å². The molecule has 0 atom stereocenters. The summed E-state index contributed by atoms with van der Waals surface area (Å²) in [7, 11) is 0. The Balaban J connectivity index is 1.61.